The van der Waals surface area contributed by atoms with Gasteiger partial charge in [0, 0.05) is 7.05 Å². The molecule has 0 aliphatic heterocycles. The third kappa shape index (κ3) is 2.84. The molecule has 0 fully saturated rings. The molecule has 0 aromatic heterocycles. The smallest absolute Gasteiger partial charge is 0.323 e. The molecule has 7 heavy (non-hydrogen) atoms. The van der Waals surface area contributed by atoms with Gasteiger partial charge >= 0.3 is 6.20 Å². The number of allylic oxidation sites excluding steroid dienone is 1. The van der Waals surface area contributed by atoms with Crippen molar-refractivity contribution in [1.82, 2.24) is 5.32 Å². The molecular weight excluding hydrogens is 88.1 g/mol. The van der Waals surface area contributed by atoms with Crippen molar-refractivity contribution < 1.29 is 0 Å². The molecule has 0 spiro atoms. The van der Waals surface area contributed by atoms with Crippen LogP contribution in [0, 0.1) is 6.57 Å². The van der Waals surface area contributed by atoms with E-state index in [2.05, 4.69) is 10.2 Å². The Hall–Kier alpha value is -0.970. The molecule has 0 atom stereocenters. The van der Waals surface area contributed by atoms with E-state index < -0.39 is 0 Å². The zero-order valence-corrected chi connectivity index (χ0v) is 4.60. The second-order valence-electron chi connectivity index (χ2n) is 1.21. The highest BCUT2D eigenvalue weighted by Crippen LogP contribution is 1.81. The summed E-state index contributed by atoms with van der Waals surface area (Å²) in [5.74, 6) is 0. The first-order valence-electron chi connectivity index (χ1n) is 2.06. The first-order valence-corrected chi connectivity index (χ1v) is 2.06. The SMILES string of the molecule is C#[N+]/C=C(/C)NC. The Labute approximate surface area is 43.7 Å². The highest BCUT2D eigenvalue weighted by atomic mass is 14.8. The maximum Gasteiger partial charge on any atom is 0.323 e. The lowest BCUT2D eigenvalue weighted by Crippen LogP contribution is -1.99. The van der Waals surface area contributed by atoms with E-state index in [1.807, 2.05) is 14.0 Å². The van der Waals surface area contributed by atoms with Gasteiger partial charge in [-0.25, -0.2) is 0 Å². The van der Waals surface area contributed by atoms with Crippen molar-refractivity contribution in [2.45, 2.75) is 6.92 Å². The minimum Gasteiger partial charge on any atom is -0.386 e. The van der Waals surface area contributed by atoms with Crippen LogP contribution >= 0.6 is 0 Å². The summed E-state index contributed by atoms with van der Waals surface area (Å²) in [7, 11) is 1.82. The molecule has 0 saturated heterocycles. The number of nitrogens with one attached hydrogen (secondary N) is 1. The van der Waals surface area contributed by atoms with Crippen LogP contribution in [0.4, 0.5) is 0 Å². The number of hydrogen-bond acceptors (Lipinski definition) is 1. The molecule has 0 aliphatic carbocycles. The number of hydrogen-bond donors (Lipinski definition) is 1. The van der Waals surface area contributed by atoms with Gasteiger partial charge in [-0.1, -0.05) is 0 Å². The summed E-state index contributed by atoms with van der Waals surface area (Å²) in [6.07, 6.45) is 1.56. The third-order valence-electron chi connectivity index (χ3n) is 0.663. The largest absolute Gasteiger partial charge is 0.386 e. The summed E-state index contributed by atoms with van der Waals surface area (Å²) in [5.41, 5.74) is 0.961. The Kier molecular flexibility index (Phi) is 2.78. The number of nitrogens with zero attached hydrogens (tertiary/aromatic N) is 1. The van der Waals surface area contributed by atoms with Gasteiger partial charge < -0.3 is 5.32 Å². The quantitative estimate of drug-likeness (QED) is 0.517. The fourth-order valence-electron chi connectivity index (χ4n) is 0.176. The van der Waals surface area contributed by atoms with Gasteiger partial charge in [-0.05, 0) is 11.8 Å². The van der Waals surface area contributed by atoms with Gasteiger partial charge in [0.25, 0.3) is 6.57 Å². The summed E-state index contributed by atoms with van der Waals surface area (Å²) in [4.78, 5) is 3.28. The van der Waals surface area contributed by atoms with E-state index in [9.17, 15) is 0 Å². The van der Waals surface area contributed by atoms with E-state index in [-0.39, 0.29) is 0 Å². The van der Waals surface area contributed by atoms with Gasteiger partial charge in [0.05, 0.1) is 5.70 Å². The summed E-state index contributed by atoms with van der Waals surface area (Å²) in [6, 6.07) is 0. The van der Waals surface area contributed by atoms with E-state index in [4.69, 9.17) is 6.57 Å². The lowest BCUT2D eigenvalue weighted by Gasteiger charge is -1.85. The normalized spacial score (nSPS) is 10.1. The van der Waals surface area contributed by atoms with Gasteiger partial charge in [-0.3, -0.25) is 0 Å². The lowest BCUT2D eigenvalue weighted by atomic mass is 10.5. The predicted molar refractivity (Wildman–Crippen MR) is 31.1 cm³/mol. The monoisotopic (exact) mass is 97.1 g/mol. The summed E-state index contributed by atoms with van der Waals surface area (Å²) in [6.45, 7) is 6.70. The highest BCUT2D eigenvalue weighted by molar-refractivity contribution is 5.01. The average Bonchev–Trinajstić information content (AvgIpc) is 1.68. The second kappa shape index (κ2) is 3.23. The predicted octanol–water partition coefficient (Wildman–Crippen LogP) is 1.03. The minimum absolute atomic E-state index is 0.961. The topological polar surface area (TPSA) is 16.4 Å². The third-order valence-corrected chi connectivity index (χ3v) is 0.663. The van der Waals surface area contributed by atoms with Crippen molar-refractivity contribution in [2.75, 3.05) is 7.05 Å². The molecular formula is C5H9N2+. The van der Waals surface area contributed by atoms with Crippen LogP contribution in [0.3, 0.4) is 0 Å². The molecule has 2 nitrogen and oxygen atoms in total. The molecule has 0 heterocycles. The minimum atomic E-state index is 0.961. The zero-order valence-electron chi connectivity index (χ0n) is 4.60. The van der Waals surface area contributed by atoms with Crippen molar-refractivity contribution in [2.24, 2.45) is 0 Å². The lowest BCUT2D eigenvalue weighted by molar-refractivity contribution is 0.990. The van der Waals surface area contributed by atoms with Gasteiger partial charge in [0.2, 0.25) is 0 Å². The van der Waals surface area contributed by atoms with Crippen molar-refractivity contribution in [3.8, 4) is 6.57 Å². The molecule has 2 heteroatoms. The van der Waals surface area contributed by atoms with Gasteiger partial charge in [-0.15, -0.1) is 0 Å². The molecule has 0 aliphatic rings. The maximum absolute atomic E-state index is 4.81. The Morgan fingerprint density at radius 1 is 1.86 bits per heavy atom. The van der Waals surface area contributed by atoms with E-state index in [1.54, 1.807) is 6.20 Å². The Bertz CT molecular complexity index is 108. The summed E-state index contributed by atoms with van der Waals surface area (Å²) >= 11 is 0. The van der Waals surface area contributed by atoms with E-state index in [0.29, 0.717) is 0 Å². The van der Waals surface area contributed by atoms with Crippen LogP contribution in [-0.2, 0) is 0 Å². The molecule has 0 amide bonds. The Balaban J connectivity index is 3.56. The fourth-order valence-corrected chi connectivity index (χ4v) is 0.176. The van der Waals surface area contributed by atoms with Crippen molar-refractivity contribution >= 4 is 0 Å². The van der Waals surface area contributed by atoms with Crippen LogP contribution in [0.2, 0.25) is 0 Å². The Morgan fingerprint density at radius 3 is 2.57 bits per heavy atom. The molecule has 0 unspecified atom stereocenters. The second-order valence-corrected chi connectivity index (χ2v) is 1.21. The Morgan fingerprint density at radius 2 is 2.43 bits per heavy atom. The van der Waals surface area contributed by atoms with Gasteiger partial charge in [-0.2, -0.15) is 0 Å². The number of rotatable bonds is 1. The van der Waals surface area contributed by atoms with Gasteiger partial charge in [0.15, 0.2) is 0 Å². The maximum atomic E-state index is 4.81. The molecule has 0 saturated carbocycles. The summed E-state index contributed by atoms with van der Waals surface area (Å²) in [5, 5.41) is 2.85. The van der Waals surface area contributed by atoms with Crippen LogP contribution < -0.4 is 5.32 Å². The summed E-state index contributed by atoms with van der Waals surface area (Å²) < 4.78 is 0. The first-order chi connectivity index (χ1) is 3.31. The molecule has 0 bridgehead atoms. The molecule has 0 radical (unpaired) electrons. The first kappa shape index (κ1) is 6.03. The standard InChI is InChI=1S/C5H9N2/c1-5(7-3)4-6-2/h2,4,7H,1,3H3/q+1/b5-4-. The van der Waals surface area contributed by atoms with Gasteiger partial charge in [0.1, 0.15) is 0 Å². The van der Waals surface area contributed by atoms with Crippen LogP contribution in [0.15, 0.2) is 11.9 Å². The van der Waals surface area contributed by atoms with Crippen LogP contribution in [-0.4, -0.2) is 7.05 Å². The van der Waals surface area contributed by atoms with E-state index >= 15 is 0 Å². The van der Waals surface area contributed by atoms with Crippen molar-refractivity contribution in [3.63, 3.8) is 0 Å². The zero-order chi connectivity index (χ0) is 5.70. The van der Waals surface area contributed by atoms with Crippen LogP contribution in [0.5, 0.6) is 0 Å². The van der Waals surface area contributed by atoms with Crippen molar-refractivity contribution in [1.29, 1.82) is 0 Å². The fraction of sp³-hybridized carbons (Fsp3) is 0.400. The van der Waals surface area contributed by atoms with Crippen LogP contribution in [0.25, 0.3) is 4.85 Å². The molecule has 0 rings (SSSR count). The highest BCUT2D eigenvalue weighted by Gasteiger charge is 1.82. The molecule has 38 valence electrons. The van der Waals surface area contributed by atoms with Crippen molar-refractivity contribution in [3.05, 3.63) is 16.7 Å². The average molecular weight is 97.1 g/mol. The van der Waals surface area contributed by atoms with Crippen LogP contribution in [0.1, 0.15) is 6.92 Å². The van der Waals surface area contributed by atoms with E-state index in [0.717, 1.165) is 5.70 Å². The van der Waals surface area contributed by atoms with E-state index in [1.165, 1.54) is 0 Å². The molecule has 0 aromatic rings. The molecule has 1 N–H and O–H groups in total. The molecule has 0 aromatic carbocycles.